The molecule has 0 spiro atoms. The van der Waals surface area contributed by atoms with E-state index in [-0.39, 0.29) is 12.4 Å². The van der Waals surface area contributed by atoms with Crippen molar-refractivity contribution >= 4 is 30.4 Å². The molecule has 2 aromatic rings. The zero-order chi connectivity index (χ0) is 16.7. The van der Waals surface area contributed by atoms with E-state index in [9.17, 15) is 14.7 Å². The van der Waals surface area contributed by atoms with Crippen LogP contribution in [-0.2, 0) is 16.1 Å². The standard InChI is InChI=1S/C17H17NO4S/c19-16(20)15(12-23)18(14-9-5-2-6-10-14)17(21)22-11-13-7-3-1-4-8-13/h1-10,15,23H,11-12H2,(H,19,20)/t15-/m0/s1. The summed E-state index contributed by atoms with van der Waals surface area (Å²) >= 11 is 4.05. The van der Waals surface area contributed by atoms with E-state index in [4.69, 9.17) is 4.74 Å². The fourth-order valence-electron chi connectivity index (χ4n) is 2.06. The normalized spacial score (nSPS) is 11.5. The van der Waals surface area contributed by atoms with E-state index in [1.807, 2.05) is 30.3 Å². The van der Waals surface area contributed by atoms with Gasteiger partial charge >= 0.3 is 12.1 Å². The van der Waals surface area contributed by atoms with Gasteiger partial charge in [0, 0.05) is 11.4 Å². The molecule has 0 unspecified atom stereocenters. The molecule has 0 aliphatic carbocycles. The quantitative estimate of drug-likeness (QED) is 0.798. The summed E-state index contributed by atoms with van der Waals surface area (Å²) in [5.74, 6) is -1.16. The third-order valence-corrected chi connectivity index (χ3v) is 3.55. The monoisotopic (exact) mass is 331 g/mol. The molecular formula is C17H17NO4S. The van der Waals surface area contributed by atoms with Crippen LogP contribution >= 0.6 is 12.6 Å². The molecule has 1 atom stereocenters. The summed E-state index contributed by atoms with van der Waals surface area (Å²) in [6.07, 6.45) is -0.721. The number of nitrogens with zero attached hydrogens (tertiary/aromatic N) is 1. The second-order valence-electron chi connectivity index (χ2n) is 4.78. The molecule has 0 radical (unpaired) electrons. The predicted octanol–water partition coefficient (Wildman–Crippen LogP) is 3.21. The lowest BCUT2D eigenvalue weighted by Gasteiger charge is -2.27. The van der Waals surface area contributed by atoms with E-state index in [1.165, 1.54) is 0 Å². The van der Waals surface area contributed by atoms with Gasteiger partial charge in [0.25, 0.3) is 0 Å². The van der Waals surface area contributed by atoms with Crippen LogP contribution in [0.25, 0.3) is 0 Å². The van der Waals surface area contributed by atoms with Gasteiger partial charge in [0.05, 0.1) is 0 Å². The number of carboxylic acids is 1. The van der Waals surface area contributed by atoms with Crippen molar-refractivity contribution in [3.8, 4) is 0 Å². The van der Waals surface area contributed by atoms with Crippen LogP contribution < -0.4 is 4.90 Å². The number of aliphatic carboxylic acids is 1. The Balaban J connectivity index is 2.19. The number of hydrogen-bond acceptors (Lipinski definition) is 4. The summed E-state index contributed by atoms with van der Waals surface area (Å²) in [5.41, 5.74) is 1.28. The molecular weight excluding hydrogens is 314 g/mol. The highest BCUT2D eigenvalue weighted by atomic mass is 32.1. The minimum Gasteiger partial charge on any atom is -0.480 e. The number of carboxylic acid groups (broad SMARTS) is 1. The van der Waals surface area contributed by atoms with Crippen LogP contribution in [0.4, 0.5) is 10.5 Å². The zero-order valence-electron chi connectivity index (χ0n) is 12.3. The smallest absolute Gasteiger partial charge is 0.415 e. The molecule has 1 N–H and O–H groups in total. The van der Waals surface area contributed by atoms with Gasteiger partial charge in [-0.05, 0) is 17.7 Å². The van der Waals surface area contributed by atoms with E-state index in [2.05, 4.69) is 12.6 Å². The summed E-state index contributed by atoms with van der Waals surface area (Å²) in [6.45, 7) is 0.0713. The summed E-state index contributed by atoms with van der Waals surface area (Å²) in [6, 6.07) is 16.6. The molecule has 5 nitrogen and oxygen atoms in total. The maximum atomic E-state index is 12.4. The Morgan fingerprint density at radius 1 is 1.04 bits per heavy atom. The molecule has 0 heterocycles. The predicted molar refractivity (Wildman–Crippen MR) is 90.8 cm³/mol. The number of carbonyl (C=O) groups is 2. The molecule has 2 rings (SSSR count). The van der Waals surface area contributed by atoms with Crippen LogP contribution in [0.1, 0.15) is 5.56 Å². The third kappa shape index (κ3) is 4.50. The van der Waals surface area contributed by atoms with E-state index in [0.717, 1.165) is 10.5 Å². The molecule has 0 bridgehead atoms. The largest absolute Gasteiger partial charge is 0.480 e. The van der Waals surface area contributed by atoms with Crippen LogP contribution in [0.3, 0.4) is 0 Å². The fourth-order valence-corrected chi connectivity index (χ4v) is 2.38. The highest BCUT2D eigenvalue weighted by molar-refractivity contribution is 7.80. The Hall–Kier alpha value is -2.47. The molecule has 0 saturated heterocycles. The lowest BCUT2D eigenvalue weighted by atomic mass is 10.2. The van der Waals surface area contributed by atoms with Crippen molar-refractivity contribution in [2.75, 3.05) is 10.7 Å². The molecule has 120 valence electrons. The van der Waals surface area contributed by atoms with Gasteiger partial charge in [-0.2, -0.15) is 12.6 Å². The van der Waals surface area contributed by atoms with Crippen LogP contribution in [-0.4, -0.2) is 29.0 Å². The number of amides is 1. The first-order valence-electron chi connectivity index (χ1n) is 7.02. The Kier molecular flexibility index (Phi) is 6.05. The maximum Gasteiger partial charge on any atom is 0.415 e. The first-order chi connectivity index (χ1) is 11.1. The fraction of sp³-hybridized carbons (Fsp3) is 0.176. The van der Waals surface area contributed by atoms with Gasteiger partial charge in [0.2, 0.25) is 0 Å². The molecule has 23 heavy (non-hydrogen) atoms. The third-order valence-electron chi connectivity index (χ3n) is 3.21. The average molecular weight is 331 g/mol. The van der Waals surface area contributed by atoms with Crippen LogP contribution in [0.15, 0.2) is 60.7 Å². The number of para-hydroxylation sites is 1. The number of benzene rings is 2. The number of rotatable bonds is 6. The van der Waals surface area contributed by atoms with Gasteiger partial charge < -0.3 is 9.84 Å². The molecule has 0 aliphatic heterocycles. The molecule has 0 aromatic heterocycles. The first kappa shape index (κ1) is 16.9. The Labute approximate surface area is 139 Å². The lowest BCUT2D eigenvalue weighted by molar-refractivity contribution is -0.138. The Morgan fingerprint density at radius 3 is 2.13 bits per heavy atom. The maximum absolute atomic E-state index is 12.4. The van der Waals surface area contributed by atoms with Crippen molar-refractivity contribution in [1.82, 2.24) is 0 Å². The van der Waals surface area contributed by atoms with Crippen molar-refractivity contribution in [1.29, 1.82) is 0 Å². The van der Waals surface area contributed by atoms with E-state index < -0.39 is 18.1 Å². The SMILES string of the molecule is O=C(O)[C@H](CS)N(C(=O)OCc1ccccc1)c1ccccc1. The molecule has 6 heteroatoms. The molecule has 0 fully saturated rings. The summed E-state index contributed by atoms with van der Waals surface area (Å²) in [4.78, 5) is 25.0. The second-order valence-corrected chi connectivity index (χ2v) is 5.15. The summed E-state index contributed by atoms with van der Waals surface area (Å²) in [7, 11) is 0. The van der Waals surface area contributed by atoms with Crippen LogP contribution in [0.5, 0.6) is 0 Å². The van der Waals surface area contributed by atoms with Crippen molar-refractivity contribution in [3.05, 3.63) is 66.2 Å². The van der Waals surface area contributed by atoms with E-state index in [1.54, 1.807) is 30.3 Å². The number of carbonyl (C=O) groups excluding carboxylic acids is 1. The highest BCUT2D eigenvalue weighted by Gasteiger charge is 2.31. The second kappa shape index (κ2) is 8.24. The summed E-state index contributed by atoms with van der Waals surface area (Å²) < 4.78 is 5.27. The average Bonchev–Trinajstić information content (AvgIpc) is 2.58. The number of anilines is 1. The topological polar surface area (TPSA) is 66.8 Å². The molecule has 0 saturated carbocycles. The van der Waals surface area contributed by atoms with Crippen LogP contribution in [0.2, 0.25) is 0 Å². The van der Waals surface area contributed by atoms with Crippen molar-refractivity contribution in [2.24, 2.45) is 0 Å². The molecule has 1 amide bonds. The van der Waals surface area contributed by atoms with E-state index in [0.29, 0.717) is 5.69 Å². The van der Waals surface area contributed by atoms with Crippen molar-refractivity contribution in [3.63, 3.8) is 0 Å². The van der Waals surface area contributed by atoms with Gasteiger partial charge in [-0.25, -0.2) is 9.59 Å². The Bertz CT molecular complexity index is 648. The van der Waals surface area contributed by atoms with Gasteiger partial charge in [0.1, 0.15) is 12.6 Å². The highest BCUT2D eigenvalue weighted by Crippen LogP contribution is 2.19. The lowest BCUT2D eigenvalue weighted by Crippen LogP contribution is -2.46. The number of hydrogen-bond donors (Lipinski definition) is 2. The number of thiol groups is 1. The summed E-state index contributed by atoms with van der Waals surface area (Å²) in [5, 5.41) is 9.34. The molecule has 0 aliphatic rings. The number of ether oxygens (including phenoxy) is 1. The van der Waals surface area contributed by atoms with Gasteiger partial charge in [0.15, 0.2) is 0 Å². The van der Waals surface area contributed by atoms with Gasteiger partial charge in [-0.15, -0.1) is 0 Å². The van der Waals surface area contributed by atoms with Crippen LogP contribution in [0, 0.1) is 0 Å². The Morgan fingerprint density at radius 2 is 1.61 bits per heavy atom. The minimum atomic E-state index is -1.14. The van der Waals surface area contributed by atoms with E-state index >= 15 is 0 Å². The first-order valence-corrected chi connectivity index (χ1v) is 7.65. The van der Waals surface area contributed by atoms with Crippen molar-refractivity contribution in [2.45, 2.75) is 12.6 Å². The molecule has 2 aromatic carbocycles. The van der Waals surface area contributed by atoms with Gasteiger partial charge in [-0.1, -0.05) is 48.5 Å². The minimum absolute atomic E-state index is 0.0232. The van der Waals surface area contributed by atoms with Crippen molar-refractivity contribution < 1.29 is 19.4 Å². The zero-order valence-corrected chi connectivity index (χ0v) is 13.2. The van der Waals surface area contributed by atoms with Gasteiger partial charge in [-0.3, -0.25) is 4.90 Å².